The highest BCUT2D eigenvalue weighted by Crippen LogP contribution is 2.33. The maximum atomic E-state index is 3.53. The first-order valence-corrected chi connectivity index (χ1v) is 5.56. The summed E-state index contributed by atoms with van der Waals surface area (Å²) in [5, 5.41) is 3.45. The van der Waals surface area contributed by atoms with Crippen molar-refractivity contribution in [3.63, 3.8) is 0 Å². The molecule has 0 saturated heterocycles. The number of halogens is 2. The van der Waals surface area contributed by atoms with Gasteiger partial charge in [-0.1, -0.05) is 6.07 Å². The normalized spacial score (nSPS) is 16.2. The molecule has 0 unspecified atom stereocenters. The maximum Gasteiger partial charge on any atom is 0.0549 e. The third-order valence-electron chi connectivity index (χ3n) is 1.89. The van der Waals surface area contributed by atoms with E-state index in [-0.39, 0.29) is 0 Å². The van der Waals surface area contributed by atoms with Crippen LogP contribution in [0.4, 0.5) is 5.69 Å². The average molecular weight is 291 g/mol. The standard InChI is InChI=1S/C9H9Br2N/c10-7-2-1-3-8(9(7)11)12-6-4-5-6/h1-3,6,12H,4-5H2. The van der Waals surface area contributed by atoms with Gasteiger partial charge in [-0.15, -0.1) is 0 Å². The Hall–Kier alpha value is -0.0200. The SMILES string of the molecule is Brc1cccc(NC2CC2)c1Br. The van der Waals surface area contributed by atoms with Crippen LogP contribution in [0.3, 0.4) is 0 Å². The van der Waals surface area contributed by atoms with Gasteiger partial charge in [0.25, 0.3) is 0 Å². The highest BCUT2D eigenvalue weighted by Gasteiger charge is 2.21. The van der Waals surface area contributed by atoms with Crippen LogP contribution in [0.5, 0.6) is 0 Å². The van der Waals surface area contributed by atoms with Crippen LogP contribution in [-0.4, -0.2) is 6.04 Å². The van der Waals surface area contributed by atoms with Crippen LogP contribution in [0, 0.1) is 0 Å². The Morgan fingerprint density at radius 3 is 2.67 bits per heavy atom. The molecule has 0 spiro atoms. The number of anilines is 1. The Morgan fingerprint density at radius 2 is 2.00 bits per heavy atom. The van der Waals surface area contributed by atoms with Crippen LogP contribution in [0.15, 0.2) is 27.1 Å². The van der Waals surface area contributed by atoms with Gasteiger partial charge in [0.2, 0.25) is 0 Å². The molecule has 0 amide bonds. The van der Waals surface area contributed by atoms with E-state index in [1.165, 1.54) is 18.5 Å². The van der Waals surface area contributed by atoms with Crippen molar-refractivity contribution in [2.75, 3.05) is 5.32 Å². The lowest BCUT2D eigenvalue weighted by Gasteiger charge is -2.07. The van der Waals surface area contributed by atoms with Gasteiger partial charge < -0.3 is 5.32 Å². The van der Waals surface area contributed by atoms with Crippen LogP contribution < -0.4 is 5.32 Å². The zero-order chi connectivity index (χ0) is 8.55. The van der Waals surface area contributed by atoms with Gasteiger partial charge in [0.15, 0.2) is 0 Å². The summed E-state index contributed by atoms with van der Waals surface area (Å²) in [4.78, 5) is 0. The van der Waals surface area contributed by atoms with Crippen molar-refractivity contribution in [2.24, 2.45) is 0 Å². The van der Waals surface area contributed by atoms with E-state index < -0.39 is 0 Å². The Kier molecular flexibility index (Phi) is 2.42. The van der Waals surface area contributed by atoms with Gasteiger partial charge in [0.1, 0.15) is 0 Å². The Bertz CT molecular complexity index is 295. The summed E-state index contributed by atoms with van der Waals surface area (Å²) in [7, 11) is 0. The monoisotopic (exact) mass is 289 g/mol. The zero-order valence-electron chi connectivity index (χ0n) is 6.48. The summed E-state index contributed by atoms with van der Waals surface area (Å²) in [6.07, 6.45) is 2.61. The summed E-state index contributed by atoms with van der Waals surface area (Å²) in [6.45, 7) is 0. The van der Waals surface area contributed by atoms with Gasteiger partial charge in [-0.25, -0.2) is 0 Å². The number of hydrogen-bond acceptors (Lipinski definition) is 1. The summed E-state index contributed by atoms with van der Waals surface area (Å²) >= 11 is 7.00. The molecule has 1 saturated carbocycles. The van der Waals surface area contributed by atoms with E-state index in [0.717, 1.165) is 8.95 Å². The van der Waals surface area contributed by atoms with E-state index in [9.17, 15) is 0 Å². The van der Waals surface area contributed by atoms with E-state index in [2.05, 4.69) is 43.2 Å². The van der Waals surface area contributed by atoms with Crippen molar-refractivity contribution in [2.45, 2.75) is 18.9 Å². The van der Waals surface area contributed by atoms with Gasteiger partial charge in [-0.05, 0) is 56.8 Å². The van der Waals surface area contributed by atoms with E-state index in [1.807, 2.05) is 12.1 Å². The van der Waals surface area contributed by atoms with Crippen LogP contribution in [-0.2, 0) is 0 Å². The van der Waals surface area contributed by atoms with Gasteiger partial charge >= 0.3 is 0 Å². The minimum Gasteiger partial charge on any atom is -0.381 e. The Morgan fingerprint density at radius 1 is 1.25 bits per heavy atom. The number of rotatable bonds is 2. The predicted molar refractivity (Wildman–Crippen MR) is 58.5 cm³/mol. The molecule has 0 bridgehead atoms. The molecular weight excluding hydrogens is 282 g/mol. The fourth-order valence-corrected chi connectivity index (χ4v) is 1.81. The highest BCUT2D eigenvalue weighted by atomic mass is 79.9. The van der Waals surface area contributed by atoms with E-state index >= 15 is 0 Å². The second-order valence-corrected chi connectivity index (χ2v) is 4.67. The average Bonchev–Trinajstić information content (AvgIpc) is 2.83. The maximum absolute atomic E-state index is 3.53. The first-order valence-electron chi connectivity index (χ1n) is 3.98. The molecule has 1 fully saturated rings. The molecule has 1 aromatic rings. The van der Waals surface area contributed by atoms with E-state index in [1.54, 1.807) is 0 Å². The molecule has 0 heterocycles. The van der Waals surface area contributed by atoms with Crippen molar-refractivity contribution in [3.8, 4) is 0 Å². The highest BCUT2D eigenvalue weighted by molar-refractivity contribution is 9.13. The first-order chi connectivity index (χ1) is 5.77. The third kappa shape index (κ3) is 1.83. The Labute approximate surface area is 88.8 Å². The third-order valence-corrected chi connectivity index (χ3v) is 3.94. The lowest BCUT2D eigenvalue weighted by molar-refractivity contribution is 1.15. The lowest BCUT2D eigenvalue weighted by Crippen LogP contribution is -2.01. The first kappa shape index (κ1) is 8.57. The molecule has 1 aliphatic rings. The van der Waals surface area contributed by atoms with Crippen LogP contribution in [0.2, 0.25) is 0 Å². The summed E-state index contributed by atoms with van der Waals surface area (Å²) in [5.41, 5.74) is 1.19. The molecule has 12 heavy (non-hydrogen) atoms. The van der Waals surface area contributed by atoms with Gasteiger partial charge in [0, 0.05) is 16.2 Å². The molecule has 1 aromatic carbocycles. The van der Waals surface area contributed by atoms with E-state index in [0.29, 0.717) is 6.04 Å². The second-order valence-electron chi connectivity index (χ2n) is 3.02. The fraction of sp³-hybridized carbons (Fsp3) is 0.333. The van der Waals surface area contributed by atoms with E-state index in [4.69, 9.17) is 0 Å². The summed E-state index contributed by atoms with van der Waals surface area (Å²) < 4.78 is 2.23. The topological polar surface area (TPSA) is 12.0 Å². The molecule has 0 atom stereocenters. The molecule has 1 N–H and O–H groups in total. The largest absolute Gasteiger partial charge is 0.381 e. The zero-order valence-corrected chi connectivity index (χ0v) is 9.65. The summed E-state index contributed by atoms with van der Waals surface area (Å²) in [5.74, 6) is 0. The minimum atomic E-state index is 0.704. The predicted octanol–water partition coefficient (Wildman–Crippen LogP) is 3.79. The second kappa shape index (κ2) is 3.38. The fourth-order valence-electron chi connectivity index (χ4n) is 1.06. The molecule has 0 aromatic heterocycles. The molecule has 0 aliphatic heterocycles. The van der Waals surface area contributed by atoms with Crippen molar-refractivity contribution in [1.82, 2.24) is 0 Å². The minimum absolute atomic E-state index is 0.704. The molecule has 2 rings (SSSR count). The molecule has 1 nitrogen and oxygen atoms in total. The van der Waals surface area contributed by atoms with Gasteiger partial charge in [-0.2, -0.15) is 0 Å². The molecular formula is C9H9Br2N. The Balaban J connectivity index is 2.23. The quantitative estimate of drug-likeness (QED) is 0.874. The smallest absolute Gasteiger partial charge is 0.0549 e. The number of hydrogen-bond donors (Lipinski definition) is 1. The van der Waals surface area contributed by atoms with Crippen molar-refractivity contribution >= 4 is 37.5 Å². The van der Waals surface area contributed by atoms with Gasteiger partial charge in [-0.3, -0.25) is 0 Å². The van der Waals surface area contributed by atoms with Crippen LogP contribution >= 0.6 is 31.9 Å². The molecule has 1 aliphatic carbocycles. The molecule has 0 radical (unpaired) electrons. The number of benzene rings is 1. The van der Waals surface area contributed by atoms with Crippen molar-refractivity contribution in [3.05, 3.63) is 27.1 Å². The van der Waals surface area contributed by atoms with Gasteiger partial charge in [0.05, 0.1) is 4.47 Å². The lowest BCUT2D eigenvalue weighted by atomic mass is 10.3. The molecule has 3 heteroatoms. The van der Waals surface area contributed by atoms with Crippen LogP contribution in [0.1, 0.15) is 12.8 Å². The van der Waals surface area contributed by atoms with Crippen molar-refractivity contribution in [1.29, 1.82) is 0 Å². The molecule has 64 valence electrons. The van der Waals surface area contributed by atoms with Crippen LogP contribution in [0.25, 0.3) is 0 Å². The summed E-state index contributed by atoms with van der Waals surface area (Å²) in [6, 6.07) is 6.87. The van der Waals surface area contributed by atoms with Crippen molar-refractivity contribution < 1.29 is 0 Å². The number of nitrogens with one attached hydrogen (secondary N) is 1.